The number of alkyl halides is 2. The SMILES string of the molecule is C[C@H]1[C@H](O)CN1c1nc(-c2ccc3c(c2)C(=O)N(C)CC3)c2c(n1)C(F)(F)CC2. The maximum absolute atomic E-state index is 14.5. The molecule has 1 amide bonds. The summed E-state index contributed by atoms with van der Waals surface area (Å²) in [5, 5.41) is 9.83. The summed E-state index contributed by atoms with van der Waals surface area (Å²) in [6.07, 6.45) is 0.152. The Hall–Kier alpha value is -2.61. The molecule has 2 atom stereocenters. The number of anilines is 1. The average Bonchev–Trinajstić information content (AvgIpc) is 3.02. The van der Waals surface area contributed by atoms with Crippen LogP contribution in [0.1, 0.15) is 40.5 Å². The van der Waals surface area contributed by atoms with E-state index in [-0.39, 0.29) is 36.4 Å². The molecule has 3 heterocycles. The highest BCUT2D eigenvalue weighted by atomic mass is 19.3. The maximum atomic E-state index is 14.5. The van der Waals surface area contributed by atoms with Crippen molar-refractivity contribution in [2.24, 2.45) is 0 Å². The molecule has 1 aromatic carbocycles. The van der Waals surface area contributed by atoms with Crippen molar-refractivity contribution in [2.75, 3.05) is 25.0 Å². The van der Waals surface area contributed by atoms with Gasteiger partial charge in [0.25, 0.3) is 11.8 Å². The maximum Gasteiger partial charge on any atom is 0.290 e. The Kier molecular flexibility index (Phi) is 3.93. The summed E-state index contributed by atoms with van der Waals surface area (Å²) in [4.78, 5) is 24.8. The predicted molar refractivity (Wildman–Crippen MR) is 103 cm³/mol. The number of carbonyl (C=O) groups excluding carboxylic acids is 1. The van der Waals surface area contributed by atoms with Crippen LogP contribution in [-0.4, -0.2) is 58.2 Å². The van der Waals surface area contributed by atoms with Gasteiger partial charge >= 0.3 is 0 Å². The minimum Gasteiger partial charge on any atom is -0.389 e. The first-order valence-electron chi connectivity index (χ1n) is 9.89. The largest absolute Gasteiger partial charge is 0.389 e. The molecule has 0 bridgehead atoms. The number of rotatable bonds is 2. The van der Waals surface area contributed by atoms with Gasteiger partial charge in [0.1, 0.15) is 5.69 Å². The molecule has 152 valence electrons. The summed E-state index contributed by atoms with van der Waals surface area (Å²) in [5.41, 5.74) is 2.89. The van der Waals surface area contributed by atoms with Gasteiger partial charge in [-0.2, -0.15) is 8.78 Å². The van der Waals surface area contributed by atoms with Gasteiger partial charge in [-0.3, -0.25) is 4.79 Å². The van der Waals surface area contributed by atoms with Gasteiger partial charge < -0.3 is 14.9 Å². The van der Waals surface area contributed by atoms with Crippen molar-refractivity contribution in [1.82, 2.24) is 14.9 Å². The summed E-state index contributed by atoms with van der Waals surface area (Å²) < 4.78 is 29.1. The third-order valence-electron chi connectivity index (χ3n) is 6.40. The number of aromatic nitrogens is 2. The number of nitrogens with zero attached hydrogens (tertiary/aromatic N) is 4. The molecule has 8 heteroatoms. The Morgan fingerprint density at radius 2 is 2.03 bits per heavy atom. The minimum atomic E-state index is -3.00. The van der Waals surface area contributed by atoms with E-state index < -0.39 is 12.0 Å². The molecule has 1 aromatic heterocycles. The Morgan fingerprint density at radius 1 is 1.24 bits per heavy atom. The van der Waals surface area contributed by atoms with Gasteiger partial charge in [0.15, 0.2) is 0 Å². The molecule has 0 radical (unpaired) electrons. The normalized spacial score (nSPS) is 24.9. The zero-order chi connectivity index (χ0) is 20.5. The highest BCUT2D eigenvalue weighted by Crippen LogP contribution is 2.45. The smallest absolute Gasteiger partial charge is 0.290 e. The van der Waals surface area contributed by atoms with E-state index in [9.17, 15) is 18.7 Å². The number of amides is 1. The van der Waals surface area contributed by atoms with Gasteiger partial charge in [0.05, 0.1) is 17.8 Å². The predicted octanol–water partition coefficient (Wildman–Crippen LogP) is 2.38. The number of benzene rings is 1. The van der Waals surface area contributed by atoms with Crippen molar-refractivity contribution in [2.45, 2.75) is 44.3 Å². The molecule has 3 aliphatic rings. The number of fused-ring (bicyclic) bond motifs is 2. The van der Waals surface area contributed by atoms with Crippen LogP contribution in [0.15, 0.2) is 18.2 Å². The molecule has 0 unspecified atom stereocenters. The van der Waals surface area contributed by atoms with Gasteiger partial charge in [-0.1, -0.05) is 12.1 Å². The van der Waals surface area contributed by atoms with Gasteiger partial charge in [0, 0.05) is 43.2 Å². The zero-order valence-electron chi connectivity index (χ0n) is 16.3. The molecular weight excluding hydrogens is 378 g/mol. The number of halogens is 2. The fourth-order valence-corrected chi connectivity index (χ4v) is 4.37. The highest BCUT2D eigenvalue weighted by Gasteiger charge is 2.45. The fourth-order valence-electron chi connectivity index (χ4n) is 4.37. The summed E-state index contributed by atoms with van der Waals surface area (Å²) in [7, 11) is 1.76. The molecule has 1 aliphatic carbocycles. The number of hydrogen-bond donors (Lipinski definition) is 1. The molecule has 29 heavy (non-hydrogen) atoms. The number of likely N-dealkylation sites (N-methyl/N-ethyl adjacent to an activating group) is 1. The number of carbonyl (C=O) groups is 1. The molecule has 1 fully saturated rings. The topological polar surface area (TPSA) is 69.6 Å². The molecule has 0 saturated carbocycles. The number of aliphatic hydroxyl groups excluding tert-OH is 1. The first kappa shape index (κ1) is 18.4. The van der Waals surface area contributed by atoms with E-state index in [2.05, 4.69) is 9.97 Å². The second-order valence-electron chi connectivity index (χ2n) is 8.21. The number of aliphatic hydroxyl groups is 1. The fraction of sp³-hybridized carbons (Fsp3) is 0.476. The molecule has 5 rings (SSSR count). The van der Waals surface area contributed by atoms with Crippen LogP contribution in [0, 0.1) is 0 Å². The monoisotopic (exact) mass is 400 g/mol. The van der Waals surface area contributed by atoms with E-state index in [0.717, 1.165) is 12.0 Å². The lowest BCUT2D eigenvalue weighted by molar-refractivity contribution is -0.00603. The molecule has 2 aromatic rings. The van der Waals surface area contributed by atoms with Crippen LogP contribution in [0.2, 0.25) is 0 Å². The number of β-amino-alcohol motifs (C(OH)–C–C–N with tert-alkyl or cyclic N) is 1. The summed E-state index contributed by atoms with van der Waals surface area (Å²) in [6.45, 7) is 2.80. The third kappa shape index (κ3) is 2.73. The summed E-state index contributed by atoms with van der Waals surface area (Å²) in [5.74, 6) is -2.86. The Morgan fingerprint density at radius 3 is 2.76 bits per heavy atom. The van der Waals surface area contributed by atoms with Crippen LogP contribution in [0.5, 0.6) is 0 Å². The quantitative estimate of drug-likeness (QED) is 0.838. The minimum absolute atomic E-state index is 0.0659. The Bertz CT molecular complexity index is 1030. The molecule has 0 spiro atoms. The van der Waals surface area contributed by atoms with Crippen molar-refractivity contribution in [3.63, 3.8) is 0 Å². The lowest BCUT2D eigenvalue weighted by Crippen LogP contribution is -2.59. The molecule has 1 saturated heterocycles. The molecule has 6 nitrogen and oxygen atoms in total. The lowest BCUT2D eigenvalue weighted by atomic mass is 9.94. The van der Waals surface area contributed by atoms with E-state index in [1.165, 1.54) is 0 Å². The highest BCUT2D eigenvalue weighted by molar-refractivity contribution is 5.97. The van der Waals surface area contributed by atoms with Crippen LogP contribution < -0.4 is 4.90 Å². The molecule has 1 N–H and O–H groups in total. The van der Waals surface area contributed by atoms with Gasteiger partial charge in [0.2, 0.25) is 5.95 Å². The van der Waals surface area contributed by atoms with Crippen molar-refractivity contribution in [3.05, 3.63) is 40.6 Å². The third-order valence-corrected chi connectivity index (χ3v) is 6.40. The van der Waals surface area contributed by atoms with Crippen LogP contribution in [0.4, 0.5) is 14.7 Å². The van der Waals surface area contributed by atoms with E-state index in [0.29, 0.717) is 35.5 Å². The van der Waals surface area contributed by atoms with Crippen molar-refractivity contribution in [3.8, 4) is 11.3 Å². The van der Waals surface area contributed by atoms with E-state index >= 15 is 0 Å². The number of hydrogen-bond acceptors (Lipinski definition) is 5. The Balaban J connectivity index is 1.66. The zero-order valence-corrected chi connectivity index (χ0v) is 16.3. The van der Waals surface area contributed by atoms with Gasteiger partial charge in [-0.15, -0.1) is 0 Å². The van der Waals surface area contributed by atoms with Crippen molar-refractivity contribution < 1.29 is 18.7 Å². The first-order valence-corrected chi connectivity index (χ1v) is 9.89. The van der Waals surface area contributed by atoms with Gasteiger partial charge in [-0.25, -0.2) is 9.97 Å². The standard InChI is InChI=1S/C21H22F2N4O2/c1-11-16(28)10-27(11)20-24-17(14-5-7-21(22,23)18(14)25-20)13-4-3-12-6-8-26(2)19(29)15(12)9-13/h3-4,9,11,16,28H,5-8,10H2,1-2H3/t11-,16+/m0/s1. The van der Waals surface area contributed by atoms with Gasteiger partial charge in [-0.05, 0) is 31.4 Å². The van der Waals surface area contributed by atoms with E-state index in [1.807, 2.05) is 19.1 Å². The molecule has 2 aliphatic heterocycles. The lowest BCUT2D eigenvalue weighted by Gasteiger charge is -2.43. The van der Waals surface area contributed by atoms with Crippen LogP contribution in [0.3, 0.4) is 0 Å². The van der Waals surface area contributed by atoms with Crippen LogP contribution in [0.25, 0.3) is 11.3 Å². The van der Waals surface area contributed by atoms with E-state index in [4.69, 9.17) is 0 Å². The average molecular weight is 400 g/mol. The van der Waals surface area contributed by atoms with Crippen LogP contribution >= 0.6 is 0 Å². The summed E-state index contributed by atoms with van der Waals surface area (Å²) in [6, 6.07) is 5.29. The second kappa shape index (κ2) is 6.19. The van der Waals surface area contributed by atoms with E-state index in [1.54, 1.807) is 22.9 Å². The summed E-state index contributed by atoms with van der Waals surface area (Å²) >= 11 is 0. The Labute approximate surface area is 167 Å². The second-order valence-corrected chi connectivity index (χ2v) is 8.21. The van der Waals surface area contributed by atoms with Crippen molar-refractivity contribution in [1.29, 1.82) is 0 Å². The van der Waals surface area contributed by atoms with Crippen molar-refractivity contribution >= 4 is 11.9 Å². The van der Waals surface area contributed by atoms with Crippen LogP contribution in [-0.2, 0) is 18.8 Å². The first-order chi connectivity index (χ1) is 13.8. The molecular formula is C21H22F2N4O2.